The zero-order valence-electron chi connectivity index (χ0n) is 18.0. The van der Waals surface area contributed by atoms with Crippen molar-refractivity contribution in [2.24, 2.45) is 0 Å². The minimum atomic E-state index is -1.19. The summed E-state index contributed by atoms with van der Waals surface area (Å²) in [5.41, 5.74) is 0.938. The topological polar surface area (TPSA) is 93.7 Å². The number of esters is 1. The number of carbonyl (C=O) groups is 3. The molecule has 2 unspecified atom stereocenters. The molecule has 0 aliphatic rings. The highest BCUT2D eigenvalue weighted by Crippen LogP contribution is 2.29. The van der Waals surface area contributed by atoms with E-state index in [0.717, 1.165) is 4.88 Å². The van der Waals surface area contributed by atoms with E-state index >= 15 is 0 Å². The summed E-state index contributed by atoms with van der Waals surface area (Å²) in [5, 5.41) is 7.67. The normalized spacial score (nSPS) is 12.3. The molecule has 2 atom stereocenters. The van der Waals surface area contributed by atoms with Crippen LogP contribution < -0.4 is 15.4 Å². The van der Waals surface area contributed by atoms with Crippen molar-refractivity contribution in [3.05, 3.63) is 81.5 Å². The van der Waals surface area contributed by atoms with Crippen molar-refractivity contribution in [2.45, 2.75) is 25.5 Å². The van der Waals surface area contributed by atoms with Crippen LogP contribution in [0.5, 0.6) is 5.75 Å². The van der Waals surface area contributed by atoms with Crippen LogP contribution in [0.3, 0.4) is 0 Å². The van der Waals surface area contributed by atoms with Crippen molar-refractivity contribution < 1.29 is 23.9 Å². The smallest absolute Gasteiger partial charge is 0.309 e. The second-order valence-electron chi connectivity index (χ2n) is 7.09. The number of thiophene rings is 1. The van der Waals surface area contributed by atoms with Crippen LogP contribution in [-0.4, -0.2) is 24.9 Å². The number of hydrogen-bond acceptors (Lipinski definition) is 6. The van der Waals surface area contributed by atoms with Crippen LogP contribution in [0, 0.1) is 0 Å². The average Bonchev–Trinajstić information content (AvgIpc) is 3.32. The monoisotopic (exact) mass is 486 g/mol. The summed E-state index contributed by atoms with van der Waals surface area (Å²) in [7, 11) is 1.49. The highest BCUT2D eigenvalue weighted by molar-refractivity contribution is 7.10. The highest BCUT2D eigenvalue weighted by Gasteiger charge is 2.27. The van der Waals surface area contributed by atoms with Gasteiger partial charge in [-0.15, -0.1) is 11.3 Å². The number of carbonyl (C=O) groups excluding carboxylic acids is 3. The largest absolute Gasteiger partial charge is 0.495 e. The summed E-state index contributed by atoms with van der Waals surface area (Å²) in [5.74, 6) is -0.963. The van der Waals surface area contributed by atoms with Crippen LogP contribution in [0.1, 0.15) is 35.9 Å². The third kappa shape index (κ3) is 6.81. The zero-order valence-corrected chi connectivity index (χ0v) is 19.6. The Morgan fingerprint density at radius 2 is 1.82 bits per heavy atom. The second kappa shape index (κ2) is 11.5. The molecule has 1 aromatic heterocycles. The zero-order chi connectivity index (χ0) is 23.8. The molecule has 2 N–H and O–H groups in total. The molecule has 7 nitrogen and oxygen atoms in total. The fourth-order valence-corrected chi connectivity index (χ4v) is 4.19. The molecule has 3 aromatic rings. The molecule has 1 heterocycles. The van der Waals surface area contributed by atoms with Crippen LogP contribution in [0.25, 0.3) is 0 Å². The van der Waals surface area contributed by atoms with E-state index in [1.54, 1.807) is 48.5 Å². The lowest BCUT2D eigenvalue weighted by atomic mass is 10.1. The standard InChI is InChI=1S/C24H23ClN2O5S/c1-15(28)26-19(21-9-6-12-33-21)14-22(29)32-23(16-7-4-3-5-8-16)24(30)27-17-10-11-20(31-2)18(25)13-17/h3-13,19,23H,14H2,1-2H3,(H,26,28)(H,27,30). The van der Waals surface area contributed by atoms with Gasteiger partial charge in [0.2, 0.25) is 12.0 Å². The minimum Gasteiger partial charge on any atom is -0.495 e. The summed E-state index contributed by atoms with van der Waals surface area (Å²) in [6.07, 6.45) is -1.31. The van der Waals surface area contributed by atoms with Crippen LogP contribution in [0.4, 0.5) is 5.69 Å². The Bertz CT molecular complexity index is 1110. The molecule has 0 fully saturated rings. The van der Waals surface area contributed by atoms with Crippen LogP contribution in [0.2, 0.25) is 5.02 Å². The summed E-state index contributed by atoms with van der Waals surface area (Å²) < 4.78 is 10.7. The molecule has 0 aliphatic heterocycles. The first-order valence-electron chi connectivity index (χ1n) is 10.1. The van der Waals surface area contributed by atoms with Gasteiger partial charge in [0.25, 0.3) is 5.91 Å². The van der Waals surface area contributed by atoms with Gasteiger partial charge in [-0.05, 0) is 29.6 Å². The Labute approximate surface area is 200 Å². The molecule has 172 valence electrons. The summed E-state index contributed by atoms with van der Waals surface area (Å²) in [6.45, 7) is 1.38. The van der Waals surface area contributed by atoms with Crippen molar-refractivity contribution in [1.82, 2.24) is 5.32 Å². The summed E-state index contributed by atoms with van der Waals surface area (Å²) in [4.78, 5) is 38.3. The molecule has 2 amide bonds. The Kier molecular flexibility index (Phi) is 8.46. The van der Waals surface area contributed by atoms with E-state index in [1.807, 2.05) is 17.5 Å². The first-order chi connectivity index (χ1) is 15.9. The van der Waals surface area contributed by atoms with Gasteiger partial charge in [-0.25, -0.2) is 0 Å². The molecule has 0 aliphatic carbocycles. The van der Waals surface area contributed by atoms with Gasteiger partial charge < -0.3 is 20.1 Å². The maximum Gasteiger partial charge on any atom is 0.309 e. The average molecular weight is 487 g/mol. The van der Waals surface area contributed by atoms with E-state index in [0.29, 0.717) is 22.0 Å². The predicted molar refractivity (Wildman–Crippen MR) is 127 cm³/mol. The highest BCUT2D eigenvalue weighted by atomic mass is 35.5. The molecule has 0 saturated carbocycles. The Morgan fingerprint density at radius 3 is 2.42 bits per heavy atom. The lowest BCUT2D eigenvalue weighted by molar-refractivity contribution is -0.155. The number of rotatable bonds is 9. The van der Waals surface area contributed by atoms with E-state index in [-0.39, 0.29) is 12.3 Å². The van der Waals surface area contributed by atoms with Crippen LogP contribution in [-0.2, 0) is 19.1 Å². The van der Waals surface area contributed by atoms with Gasteiger partial charge in [-0.1, -0.05) is 48.0 Å². The van der Waals surface area contributed by atoms with Gasteiger partial charge in [-0.2, -0.15) is 0 Å². The van der Waals surface area contributed by atoms with Gasteiger partial charge in [0, 0.05) is 23.1 Å². The van der Waals surface area contributed by atoms with Gasteiger partial charge in [0.1, 0.15) is 5.75 Å². The molecule has 0 bridgehead atoms. The molecule has 0 saturated heterocycles. The molecular weight excluding hydrogens is 464 g/mol. The molecule has 3 rings (SSSR count). The maximum absolute atomic E-state index is 13.1. The number of halogens is 1. The van der Waals surface area contributed by atoms with Crippen molar-refractivity contribution >= 4 is 46.4 Å². The SMILES string of the molecule is COc1ccc(NC(=O)C(OC(=O)CC(NC(C)=O)c2cccs2)c2ccccc2)cc1Cl. The van der Waals surface area contributed by atoms with Gasteiger partial charge in [-0.3, -0.25) is 14.4 Å². The Balaban J connectivity index is 1.78. The quantitative estimate of drug-likeness (QED) is 0.419. The first-order valence-corrected chi connectivity index (χ1v) is 11.3. The van der Waals surface area contributed by atoms with E-state index < -0.39 is 24.0 Å². The van der Waals surface area contributed by atoms with Gasteiger partial charge in [0.05, 0.1) is 24.6 Å². The van der Waals surface area contributed by atoms with Crippen LogP contribution >= 0.6 is 22.9 Å². The van der Waals surface area contributed by atoms with Crippen molar-refractivity contribution in [1.29, 1.82) is 0 Å². The number of benzene rings is 2. The number of hydrogen-bond donors (Lipinski definition) is 2. The summed E-state index contributed by atoms with van der Waals surface area (Å²) >= 11 is 7.56. The second-order valence-corrected chi connectivity index (χ2v) is 8.48. The van der Waals surface area contributed by atoms with Crippen LogP contribution in [0.15, 0.2) is 66.0 Å². The third-order valence-corrected chi connectivity index (χ3v) is 5.93. The van der Waals surface area contributed by atoms with Gasteiger partial charge >= 0.3 is 5.97 Å². The first kappa shape index (κ1) is 24.3. The fraction of sp³-hybridized carbons (Fsp3) is 0.208. The van der Waals surface area contributed by atoms with E-state index in [1.165, 1.54) is 25.4 Å². The van der Waals surface area contributed by atoms with Crippen molar-refractivity contribution in [3.63, 3.8) is 0 Å². The maximum atomic E-state index is 13.1. The molecule has 0 radical (unpaired) electrons. The van der Waals surface area contributed by atoms with E-state index in [2.05, 4.69) is 10.6 Å². The Hall–Kier alpha value is -3.36. The number of amides is 2. The molecular formula is C24H23ClN2O5S. The lowest BCUT2D eigenvalue weighted by Crippen LogP contribution is -2.30. The molecule has 9 heteroatoms. The predicted octanol–water partition coefficient (Wildman–Crippen LogP) is 4.90. The third-order valence-electron chi connectivity index (χ3n) is 4.64. The number of ether oxygens (including phenoxy) is 2. The Morgan fingerprint density at radius 1 is 1.06 bits per heavy atom. The minimum absolute atomic E-state index is 0.120. The summed E-state index contributed by atoms with van der Waals surface area (Å²) in [6, 6.07) is 16.6. The van der Waals surface area contributed by atoms with E-state index in [4.69, 9.17) is 21.1 Å². The van der Waals surface area contributed by atoms with Crippen molar-refractivity contribution in [2.75, 3.05) is 12.4 Å². The fourth-order valence-electron chi connectivity index (χ4n) is 3.16. The lowest BCUT2D eigenvalue weighted by Gasteiger charge is -2.21. The number of nitrogens with one attached hydrogen (secondary N) is 2. The molecule has 33 heavy (non-hydrogen) atoms. The molecule has 2 aromatic carbocycles. The van der Waals surface area contributed by atoms with E-state index in [9.17, 15) is 14.4 Å². The number of anilines is 1. The van der Waals surface area contributed by atoms with Gasteiger partial charge in [0.15, 0.2) is 0 Å². The molecule has 0 spiro atoms. The van der Waals surface area contributed by atoms with Crippen molar-refractivity contribution in [3.8, 4) is 5.75 Å². The number of methoxy groups -OCH3 is 1.